The molecule has 0 nitrogen and oxygen atoms in total. The second kappa shape index (κ2) is 6.10. The van der Waals surface area contributed by atoms with E-state index in [9.17, 15) is 0 Å². The van der Waals surface area contributed by atoms with Crippen molar-refractivity contribution < 1.29 is 0 Å². The fourth-order valence-corrected chi connectivity index (χ4v) is 10.1. The molecule has 0 radical (unpaired) electrons. The molecular formula is C20H42S. The Morgan fingerprint density at radius 1 is 1.00 bits per heavy atom. The quantitative estimate of drug-likeness (QED) is 0.533. The zero-order valence-electron chi connectivity index (χ0n) is 16.6. The van der Waals surface area contributed by atoms with Gasteiger partial charge in [-0.25, -0.2) is 10.0 Å². The molecule has 1 aliphatic rings. The van der Waals surface area contributed by atoms with Crippen molar-refractivity contribution in [1.82, 2.24) is 0 Å². The van der Waals surface area contributed by atoms with Crippen molar-refractivity contribution in [2.45, 2.75) is 97.5 Å². The minimum Gasteiger partial charge on any atom is -0.234 e. The molecule has 1 aliphatic heterocycles. The standard InChI is InChI=1S/C20H42S/c1-11-17-14-20(9,12-2)21(10,13-3)19(7,8)15-18(5,6)16(17)4/h16-17H,11-15H2,1-10H3/t16-,17?,20?/m0/s1. The first-order valence-electron chi connectivity index (χ1n) is 9.16. The molecule has 128 valence electrons. The number of rotatable bonds is 3. The van der Waals surface area contributed by atoms with Gasteiger partial charge >= 0.3 is 0 Å². The van der Waals surface area contributed by atoms with E-state index in [-0.39, 0.29) is 0 Å². The average Bonchev–Trinajstić information content (AvgIpc) is 2.40. The molecule has 0 aromatic rings. The normalized spacial score (nSPS) is 46.2. The lowest BCUT2D eigenvalue weighted by atomic mass is 9.66. The fraction of sp³-hybridized carbons (Fsp3) is 1.00. The molecule has 1 heteroatoms. The van der Waals surface area contributed by atoms with Crippen molar-refractivity contribution in [3.63, 3.8) is 0 Å². The first-order valence-corrected chi connectivity index (χ1v) is 11.4. The van der Waals surface area contributed by atoms with Crippen molar-refractivity contribution in [3.8, 4) is 0 Å². The van der Waals surface area contributed by atoms with Gasteiger partial charge in [-0.15, -0.1) is 0 Å². The van der Waals surface area contributed by atoms with Crippen molar-refractivity contribution >= 4 is 10.0 Å². The Kier molecular flexibility index (Phi) is 5.63. The minimum atomic E-state index is -0.644. The molecule has 0 aromatic heterocycles. The summed E-state index contributed by atoms with van der Waals surface area (Å²) in [5.74, 6) is 3.10. The van der Waals surface area contributed by atoms with Crippen LogP contribution in [0.5, 0.6) is 0 Å². The third kappa shape index (κ3) is 3.06. The van der Waals surface area contributed by atoms with Gasteiger partial charge in [-0.05, 0) is 58.0 Å². The Morgan fingerprint density at radius 2 is 1.52 bits per heavy atom. The van der Waals surface area contributed by atoms with Gasteiger partial charge in [0.2, 0.25) is 0 Å². The van der Waals surface area contributed by atoms with Gasteiger partial charge in [0, 0.05) is 0 Å². The third-order valence-electron chi connectivity index (χ3n) is 7.67. The first kappa shape index (κ1) is 19.4. The predicted molar refractivity (Wildman–Crippen MR) is 103 cm³/mol. The van der Waals surface area contributed by atoms with Crippen LogP contribution in [0.4, 0.5) is 0 Å². The van der Waals surface area contributed by atoms with E-state index in [1.165, 1.54) is 31.4 Å². The van der Waals surface area contributed by atoms with Crippen molar-refractivity contribution in [2.75, 3.05) is 12.0 Å². The summed E-state index contributed by atoms with van der Waals surface area (Å²) < 4.78 is 1.01. The van der Waals surface area contributed by atoms with Gasteiger partial charge < -0.3 is 0 Å². The van der Waals surface area contributed by atoms with E-state index in [1.54, 1.807) is 0 Å². The van der Waals surface area contributed by atoms with Crippen molar-refractivity contribution in [1.29, 1.82) is 0 Å². The summed E-state index contributed by atoms with van der Waals surface area (Å²) in [6.45, 7) is 22.7. The average molecular weight is 315 g/mol. The molecule has 21 heavy (non-hydrogen) atoms. The van der Waals surface area contributed by atoms with E-state index in [0.29, 0.717) is 14.9 Å². The fourth-order valence-electron chi connectivity index (χ4n) is 5.34. The maximum Gasteiger partial charge on any atom is -0.00235 e. The zero-order valence-corrected chi connectivity index (χ0v) is 17.4. The van der Waals surface area contributed by atoms with Crippen LogP contribution < -0.4 is 0 Å². The molecule has 1 heterocycles. The Bertz CT molecular complexity index is 357. The molecule has 0 aromatic carbocycles. The number of hydrogen-bond acceptors (Lipinski definition) is 0. The first-order chi connectivity index (χ1) is 9.40. The van der Waals surface area contributed by atoms with Crippen molar-refractivity contribution in [3.05, 3.63) is 0 Å². The second-order valence-electron chi connectivity index (χ2n) is 9.27. The van der Waals surface area contributed by atoms with Crippen LogP contribution in [0.1, 0.15) is 88.0 Å². The van der Waals surface area contributed by atoms with Gasteiger partial charge in [-0.1, -0.05) is 68.7 Å². The van der Waals surface area contributed by atoms with Crippen LogP contribution in [0.2, 0.25) is 0 Å². The highest BCUT2D eigenvalue weighted by atomic mass is 32.3. The maximum absolute atomic E-state index is 2.68. The van der Waals surface area contributed by atoms with Gasteiger partial charge in [0.25, 0.3) is 0 Å². The SMILES string of the molecule is CCC1CC(C)(CC)S(C)(CC)C(C)(C)CC(C)(C)[C@H]1C. The van der Waals surface area contributed by atoms with Gasteiger partial charge in [0.05, 0.1) is 0 Å². The molecule has 1 saturated heterocycles. The Hall–Kier alpha value is 0.350. The molecular weight excluding hydrogens is 272 g/mol. The van der Waals surface area contributed by atoms with Gasteiger partial charge in [0.15, 0.2) is 0 Å². The topological polar surface area (TPSA) is 0 Å². The Morgan fingerprint density at radius 3 is 1.90 bits per heavy atom. The largest absolute Gasteiger partial charge is 0.234 e. The van der Waals surface area contributed by atoms with Gasteiger partial charge in [0.1, 0.15) is 0 Å². The predicted octanol–water partition coefficient (Wildman–Crippen LogP) is 6.87. The van der Waals surface area contributed by atoms with Crippen LogP contribution >= 0.6 is 10.0 Å². The smallest absolute Gasteiger partial charge is 0.00235 e. The summed E-state index contributed by atoms with van der Waals surface area (Å²) >= 11 is 0. The molecule has 0 bridgehead atoms. The van der Waals surface area contributed by atoms with E-state index >= 15 is 0 Å². The van der Waals surface area contributed by atoms with Crippen LogP contribution in [0, 0.1) is 17.3 Å². The van der Waals surface area contributed by atoms with Crippen LogP contribution in [0.15, 0.2) is 0 Å². The molecule has 0 saturated carbocycles. The van der Waals surface area contributed by atoms with E-state index in [0.717, 1.165) is 11.8 Å². The Labute approximate surface area is 137 Å². The lowest BCUT2D eigenvalue weighted by molar-refractivity contribution is 0.108. The molecule has 4 atom stereocenters. The molecule has 0 N–H and O–H groups in total. The molecule has 0 aliphatic carbocycles. The van der Waals surface area contributed by atoms with E-state index in [1.807, 2.05) is 0 Å². The highest BCUT2D eigenvalue weighted by Crippen LogP contribution is 2.72. The lowest BCUT2D eigenvalue weighted by Crippen LogP contribution is -2.51. The molecule has 1 fully saturated rings. The Balaban J connectivity index is 3.44. The van der Waals surface area contributed by atoms with E-state index in [2.05, 4.69) is 68.6 Å². The van der Waals surface area contributed by atoms with Crippen molar-refractivity contribution in [2.24, 2.45) is 17.3 Å². The molecule has 1 rings (SSSR count). The molecule has 0 spiro atoms. The van der Waals surface area contributed by atoms with Crippen LogP contribution in [0.25, 0.3) is 0 Å². The summed E-state index contributed by atoms with van der Waals surface area (Å²) in [6.07, 6.45) is 8.19. The molecule has 3 unspecified atom stereocenters. The second-order valence-corrected chi connectivity index (χ2v) is 14.1. The summed E-state index contributed by atoms with van der Waals surface area (Å²) in [5, 5.41) is 0. The van der Waals surface area contributed by atoms with Crippen LogP contribution in [-0.4, -0.2) is 21.5 Å². The van der Waals surface area contributed by atoms with E-state index in [4.69, 9.17) is 0 Å². The zero-order chi connectivity index (χ0) is 16.7. The summed E-state index contributed by atoms with van der Waals surface area (Å²) in [4.78, 5) is 0. The summed E-state index contributed by atoms with van der Waals surface area (Å²) in [6, 6.07) is 0. The number of hydrogen-bond donors (Lipinski definition) is 0. The minimum absolute atomic E-state index is 0.461. The van der Waals surface area contributed by atoms with E-state index < -0.39 is 10.0 Å². The summed E-state index contributed by atoms with van der Waals surface area (Å²) in [5.41, 5.74) is 0.461. The molecule has 0 amide bonds. The van der Waals surface area contributed by atoms with Crippen LogP contribution in [0.3, 0.4) is 0 Å². The van der Waals surface area contributed by atoms with Gasteiger partial charge in [-0.3, -0.25) is 0 Å². The highest BCUT2D eigenvalue weighted by molar-refractivity contribution is 8.35. The lowest BCUT2D eigenvalue weighted by Gasteiger charge is -2.65. The monoisotopic (exact) mass is 314 g/mol. The summed E-state index contributed by atoms with van der Waals surface area (Å²) in [7, 11) is -0.644. The maximum atomic E-state index is 2.68. The third-order valence-corrected chi connectivity index (χ3v) is 14.0. The highest BCUT2D eigenvalue weighted by Gasteiger charge is 2.53. The van der Waals surface area contributed by atoms with Crippen LogP contribution in [-0.2, 0) is 0 Å². The van der Waals surface area contributed by atoms with Gasteiger partial charge in [-0.2, -0.15) is 0 Å².